The molecule has 2 rings (SSSR count). The zero-order valence-electron chi connectivity index (χ0n) is 11.1. The summed E-state index contributed by atoms with van der Waals surface area (Å²) < 4.78 is 0. The highest BCUT2D eigenvalue weighted by molar-refractivity contribution is 4.87. The largest absolute Gasteiger partial charge is 0.311 e. The van der Waals surface area contributed by atoms with E-state index in [9.17, 15) is 0 Å². The number of rotatable bonds is 2. The standard InChI is InChI=1S/C13H24N4/c1-12(2)16-7-9-17(10-8-16)13-3-5-15(11-14)6-4-13/h12-13H,3-10H2,1-2H3. The van der Waals surface area contributed by atoms with Crippen molar-refractivity contribution in [3.8, 4) is 6.19 Å². The van der Waals surface area contributed by atoms with Gasteiger partial charge in [0.2, 0.25) is 0 Å². The van der Waals surface area contributed by atoms with Gasteiger partial charge >= 0.3 is 0 Å². The van der Waals surface area contributed by atoms with Gasteiger partial charge in [-0.15, -0.1) is 0 Å². The third kappa shape index (κ3) is 3.11. The molecule has 0 aliphatic carbocycles. The van der Waals surface area contributed by atoms with Crippen molar-refractivity contribution in [2.45, 2.75) is 38.8 Å². The summed E-state index contributed by atoms with van der Waals surface area (Å²) in [5, 5.41) is 8.84. The van der Waals surface area contributed by atoms with Crippen LogP contribution < -0.4 is 0 Å². The molecule has 0 radical (unpaired) electrons. The first-order chi connectivity index (χ1) is 8.20. The third-order valence-electron chi connectivity index (χ3n) is 4.20. The van der Waals surface area contributed by atoms with Gasteiger partial charge in [0.05, 0.1) is 0 Å². The minimum absolute atomic E-state index is 0.678. The summed E-state index contributed by atoms with van der Waals surface area (Å²) in [6.45, 7) is 11.3. The molecule has 96 valence electrons. The second-order valence-electron chi connectivity index (χ2n) is 5.48. The smallest absolute Gasteiger partial charge is 0.179 e. The highest BCUT2D eigenvalue weighted by Crippen LogP contribution is 2.18. The molecule has 0 atom stereocenters. The lowest BCUT2D eigenvalue weighted by Gasteiger charge is -2.43. The van der Waals surface area contributed by atoms with E-state index in [-0.39, 0.29) is 0 Å². The van der Waals surface area contributed by atoms with Crippen molar-refractivity contribution in [2.24, 2.45) is 0 Å². The van der Waals surface area contributed by atoms with E-state index in [2.05, 4.69) is 29.8 Å². The van der Waals surface area contributed by atoms with E-state index < -0.39 is 0 Å². The third-order valence-corrected chi connectivity index (χ3v) is 4.20. The second kappa shape index (κ2) is 5.70. The Bertz CT molecular complexity index is 268. The predicted octanol–water partition coefficient (Wildman–Crippen LogP) is 0.958. The normalized spacial score (nSPS) is 25.2. The fourth-order valence-corrected chi connectivity index (χ4v) is 2.95. The van der Waals surface area contributed by atoms with E-state index in [0.29, 0.717) is 12.1 Å². The minimum Gasteiger partial charge on any atom is -0.311 e. The lowest BCUT2D eigenvalue weighted by Crippen LogP contribution is -2.54. The molecule has 17 heavy (non-hydrogen) atoms. The monoisotopic (exact) mass is 236 g/mol. The van der Waals surface area contributed by atoms with Gasteiger partial charge < -0.3 is 4.90 Å². The molecule has 0 N–H and O–H groups in total. The van der Waals surface area contributed by atoms with E-state index in [4.69, 9.17) is 5.26 Å². The molecular weight excluding hydrogens is 212 g/mol. The molecule has 0 saturated carbocycles. The fraction of sp³-hybridized carbons (Fsp3) is 0.923. The first-order valence-electron chi connectivity index (χ1n) is 6.83. The van der Waals surface area contributed by atoms with Gasteiger partial charge in [0.25, 0.3) is 0 Å². The predicted molar refractivity (Wildman–Crippen MR) is 68.5 cm³/mol. The molecule has 4 heteroatoms. The van der Waals surface area contributed by atoms with E-state index in [1.807, 2.05) is 4.90 Å². The van der Waals surface area contributed by atoms with Crippen LogP contribution in [0, 0.1) is 11.5 Å². The van der Waals surface area contributed by atoms with Gasteiger partial charge in [-0.25, -0.2) is 0 Å². The van der Waals surface area contributed by atoms with Gasteiger partial charge in [0.15, 0.2) is 6.19 Å². The van der Waals surface area contributed by atoms with Crippen LogP contribution >= 0.6 is 0 Å². The van der Waals surface area contributed by atoms with Crippen molar-refractivity contribution >= 4 is 0 Å². The number of nitrogens with zero attached hydrogens (tertiary/aromatic N) is 4. The average Bonchev–Trinajstić information content (AvgIpc) is 2.39. The molecule has 4 nitrogen and oxygen atoms in total. The molecule has 0 spiro atoms. The van der Waals surface area contributed by atoms with Crippen molar-refractivity contribution in [3.05, 3.63) is 0 Å². The Balaban J connectivity index is 1.76. The quantitative estimate of drug-likeness (QED) is 0.669. The first-order valence-corrected chi connectivity index (χ1v) is 6.83. The average molecular weight is 236 g/mol. The zero-order valence-corrected chi connectivity index (χ0v) is 11.1. The molecule has 2 heterocycles. The number of nitriles is 1. The molecule has 0 bridgehead atoms. The SMILES string of the molecule is CC(C)N1CCN(C2CCN(C#N)CC2)CC1. The van der Waals surface area contributed by atoms with Crippen LogP contribution in [0.4, 0.5) is 0 Å². The summed E-state index contributed by atoms with van der Waals surface area (Å²) in [5.41, 5.74) is 0. The van der Waals surface area contributed by atoms with Crippen molar-refractivity contribution in [1.29, 1.82) is 5.26 Å². The molecule has 2 aliphatic rings. The maximum absolute atomic E-state index is 8.84. The summed E-state index contributed by atoms with van der Waals surface area (Å²) in [7, 11) is 0. The Morgan fingerprint density at radius 3 is 2.06 bits per heavy atom. The number of piperazine rings is 1. The highest BCUT2D eigenvalue weighted by Gasteiger charge is 2.27. The molecule has 0 unspecified atom stereocenters. The Labute approximate surface area is 105 Å². The topological polar surface area (TPSA) is 33.5 Å². The molecule has 2 saturated heterocycles. The highest BCUT2D eigenvalue weighted by atomic mass is 15.3. The van der Waals surface area contributed by atoms with Crippen molar-refractivity contribution in [2.75, 3.05) is 39.3 Å². The summed E-state index contributed by atoms with van der Waals surface area (Å²) in [5.74, 6) is 0. The van der Waals surface area contributed by atoms with E-state index in [1.165, 1.54) is 26.2 Å². The Morgan fingerprint density at radius 2 is 1.59 bits per heavy atom. The fourth-order valence-electron chi connectivity index (χ4n) is 2.95. The van der Waals surface area contributed by atoms with Crippen LogP contribution in [0.5, 0.6) is 0 Å². The van der Waals surface area contributed by atoms with Crippen LogP contribution in [0.25, 0.3) is 0 Å². The van der Waals surface area contributed by atoms with Crippen LogP contribution in [0.3, 0.4) is 0 Å². The van der Waals surface area contributed by atoms with Gasteiger partial charge in [-0.2, -0.15) is 5.26 Å². The van der Waals surface area contributed by atoms with Crippen LogP contribution in [0.15, 0.2) is 0 Å². The van der Waals surface area contributed by atoms with Gasteiger partial charge in [0, 0.05) is 51.4 Å². The Hall–Kier alpha value is -0.790. The Morgan fingerprint density at radius 1 is 1.00 bits per heavy atom. The number of hydrogen-bond acceptors (Lipinski definition) is 4. The van der Waals surface area contributed by atoms with Crippen LogP contribution in [-0.2, 0) is 0 Å². The maximum atomic E-state index is 8.84. The van der Waals surface area contributed by atoms with Gasteiger partial charge in [-0.3, -0.25) is 9.80 Å². The first kappa shape index (κ1) is 12.7. The van der Waals surface area contributed by atoms with E-state index in [1.54, 1.807) is 0 Å². The minimum atomic E-state index is 0.678. The summed E-state index contributed by atoms with van der Waals surface area (Å²) >= 11 is 0. The molecule has 2 fully saturated rings. The van der Waals surface area contributed by atoms with Crippen LogP contribution in [0.2, 0.25) is 0 Å². The lowest BCUT2D eigenvalue weighted by molar-refractivity contribution is 0.0566. The lowest BCUT2D eigenvalue weighted by atomic mass is 10.0. The van der Waals surface area contributed by atoms with Crippen LogP contribution in [-0.4, -0.2) is 66.1 Å². The maximum Gasteiger partial charge on any atom is 0.179 e. The van der Waals surface area contributed by atoms with Crippen molar-refractivity contribution < 1.29 is 0 Å². The van der Waals surface area contributed by atoms with E-state index >= 15 is 0 Å². The molecular formula is C13H24N4. The molecule has 0 amide bonds. The van der Waals surface area contributed by atoms with E-state index in [0.717, 1.165) is 25.9 Å². The zero-order chi connectivity index (χ0) is 12.3. The number of hydrogen-bond donors (Lipinski definition) is 0. The van der Waals surface area contributed by atoms with Gasteiger partial charge in [0.1, 0.15) is 0 Å². The second-order valence-corrected chi connectivity index (χ2v) is 5.48. The summed E-state index contributed by atoms with van der Waals surface area (Å²) in [4.78, 5) is 7.08. The number of piperidine rings is 1. The Kier molecular flexibility index (Phi) is 4.25. The van der Waals surface area contributed by atoms with Gasteiger partial charge in [-0.05, 0) is 26.7 Å². The number of likely N-dealkylation sites (tertiary alicyclic amines) is 1. The summed E-state index contributed by atoms with van der Waals surface area (Å²) in [6.07, 6.45) is 4.58. The van der Waals surface area contributed by atoms with Crippen molar-refractivity contribution in [1.82, 2.24) is 14.7 Å². The molecule has 0 aromatic heterocycles. The summed E-state index contributed by atoms with van der Waals surface area (Å²) in [6, 6.07) is 1.39. The molecule has 0 aromatic carbocycles. The molecule has 0 aromatic rings. The van der Waals surface area contributed by atoms with Crippen molar-refractivity contribution in [3.63, 3.8) is 0 Å². The van der Waals surface area contributed by atoms with Crippen LogP contribution in [0.1, 0.15) is 26.7 Å². The molecule has 2 aliphatic heterocycles. The van der Waals surface area contributed by atoms with Gasteiger partial charge in [-0.1, -0.05) is 0 Å².